The number of anilines is 1. The number of nitrogens with two attached hydrogens (primary N) is 1. The smallest absolute Gasteiger partial charge is 0.409 e. The third kappa shape index (κ3) is 5.91. The summed E-state index contributed by atoms with van der Waals surface area (Å²) in [5, 5.41) is 4.59. The molecular formula is C32H36F2N8O3. The molecule has 0 radical (unpaired) electrons. The highest BCUT2D eigenvalue weighted by molar-refractivity contribution is 5.78. The minimum Gasteiger partial charge on any atom is -0.453 e. The number of methoxy groups -OCH3 is 1. The summed E-state index contributed by atoms with van der Waals surface area (Å²) in [6, 6.07) is 7.25. The third-order valence-electron chi connectivity index (χ3n) is 8.80. The number of likely N-dealkylation sites (tertiary alicyclic amines) is 1. The lowest BCUT2D eigenvalue weighted by Crippen LogP contribution is -2.62. The Hall–Kier alpha value is -4.65. The Morgan fingerprint density at radius 3 is 2.62 bits per heavy atom. The van der Waals surface area contributed by atoms with Crippen LogP contribution in [-0.2, 0) is 22.5 Å². The number of rotatable bonds is 7. The molecule has 2 aliphatic heterocycles. The molecule has 4 aromatic rings. The molecule has 236 valence electrons. The number of pyridine rings is 1. The third-order valence-corrected chi connectivity index (χ3v) is 8.80. The molecule has 2 aliphatic rings. The zero-order valence-corrected chi connectivity index (χ0v) is 25.5. The van der Waals surface area contributed by atoms with Crippen molar-refractivity contribution in [2.45, 2.75) is 44.8 Å². The van der Waals surface area contributed by atoms with Crippen molar-refractivity contribution in [3.05, 3.63) is 77.5 Å². The van der Waals surface area contributed by atoms with Gasteiger partial charge in [-0.2, -0.15) is 5.10 Å². The van der Waals surface area contributed by atoms with Gasteiger partial charge in [0.2, 0.25) is 5.91 Å². The molecule has 2 fully saturated rings. The van der Waals surface area contributed by atoms with Crippen LogP contribution >= 0.6 is 0 Å². The molecule has 0 spiro atoms. The number of nitrogens with zero attached hydrogens (tertiary/aromatic N) is 7. The Bertz CT molecular complexity index is 1710. The van der Waals surface area contributed by atoms with Crippen LogP contribution in [0.4, 0.5) is 19.3 Å². The first-order chi connectivity index (χ1) is 21.6. The molecule has 6 rings (SSSR count). The van der Waals surface area contributed by atoms with E-state index in [9.17, 15) is 9.59 Å². The average molecular weight is 619 g/mol. The van der Waals surface area contributed by atoms with E-state index in [0.717, 1.165) is 17.7 Å². The molecule has 2 saturated heterocycles. The number of carbonyl (C=O) groups excluding carboxylic acids is 2. The van der Waals surface area contributed by atoms with Gasteiger partial charge in [0.25, 0.3) is 0 Å². The van der Waals surface area contributed by atoms with E-state index in [4.69, 9.17) is 10.5 Å². The van der Waals surface area contributed by atoms with Crippen molar-refractivity contribution >= 4 is 23.2 Å². The van der Waals surface area contributed by atoms with Crippen molar-refractivity contribution in [3.63, 3.8) is 0 Å². The Balaban J connectivity index is 1.26. The number of imidazole rings is 1. The van der Waals surface area contributed by atoms with Crippen LogP contribution in [-0.4, -0.2) is 87.3 Å². The van der Waals surface area contributed by atoms with Crippen molar-refractivity contribution < 1.29 is 23.1 Å². The fraction of sp³-hybridized carbons (Fsp3) is 0.406. The predicted octanol–water partition coefficient (Wildman–Crippen LogP) is 3.63. The highest BCUT2D eigenvalue weighted by atomic mass is 19.1. The molecular weight excluding hydrogens is 582 g/mol. The van der Waals surface area contributed by atoms with E-state index in [0.29, 0.717) is 49.4 Å². The number of amides is 2. The molecule has 3 aromatic heterocycles. The summed E-state index contributed by atoms with van der Waals surface area (Å²) in [6.07, 6.45) is 6.29. The van der Waals surface area contributed by atoms with Crippen molar-refractivity contribution in [3.8, 4) is 11.3 Å². The predicted molar refractivity (Wildman–Crippen MR) is 163 cm³/mol. The number of hydrogen-bond donors (Lipinski definition) is 1. The number of benzene rings is 1. The lowest BCUT2D eigenvalue weighted by Gasteiger charge is -2.45. The molecule has 0 aliphatic carbocycles. The van der Waals surface area contributed by atoms with Gasteiger partial charge in [0.05, 0.1) is 36.1 Å². The summed E-state index contributed by atoms with van der Waals surface area (Å²) < 4.78 is 37.2. The normalized spacial score (nSPS) is 20.2. The quantitative estimate of drug-likeness (QED) is 0.333. The summed E-state index contributed by atoms with van der Waals surface area (Å²) in [5.74, 6) is -0.867. The van der Waals surface area contributed by atoms with Crippen molar-refractivity contribution in [1.82, 2.24) is 29.4 Å². The van der Waals surface area contributed by atoms with Crippen molar-refractivity contribution in [2.24, 2.45) is 11.7 Å². The maximum Gasteiger partial charge on any atom is 0.409 e. The minimum absolute atomic E-state index is 0.00979. The highest BCUT2D eigenvalue weighted by Crippen LogP contribution is 2.31. The van der Waals surface area contributed by atoms with Gasteiger partial charge in [-0.3, -0.25) is 9.78 Å². The zero-order valence-electron chi connectivity index (χ0n) is 25.5. The van der Waals surface area contributed by atoms with E-state index in [2.05, 4.69) is 26.9 Å². The number of halogens is 2. The fourth-order valence-corrected chi connectivity index (χ4v) is 6.72. The second-order valence-electron chi connectivity index (χ2n) is 11.9. The van der Waals surface area contributed by atoms with Crippen LogP contribution in [0.15, 0.2) is 48.9 Å². The number of ether oxygens (including phenoxy) is 1. The van der Waals surface area contributed by atoms with Gasteiger partial charge in [-0.25, -0.2) is 23.1 Å². The van der Waals surface area contributed by atoms with Crippen molar-refractivity contribution in [1.29, 1.82) is 0 Å². The molecule has 2 amide bonds. The molecule has 11 nitrogen and oxygen atoms in total. The average Bonchev–Trinajstić information content (AvgIpc) is 3.61. The van der Waals surface area contributed by atoms with Gasteiger partial charge in [-0.15, -0.1) is 0 Å². The topological polar surface area (TPSA) is 122 Å². The van der Waals surface area contributed by atoms with Gasteiger partial charge < -0.3 is 25.2 Å². The largest absolute Gasteiger partial charge is 0.453 e. The molecule has 0 saturated carbocycles. The first-order valence-corrected chi connectivity index (χ1v) is 15.0. The summed E-state index contributed by atoms with van der Waals surface area (Å²) in [6.45, 7) is 3.98. The first kappa shape index (κ1) is 30.4. The number of fused-ring (bicyclic) bond motifs is 1. The summed E-state index contributed by atoms with van der Waals surface area (Å²) in [5.41, 5.74) is 9.37. The number of carbonyl (C=O) groups is 2. The van der Waals surface area contributed by atoms with E-state index in [1.54, 1.807) is 52.1 Å². The second-order valence-corrected chi connectivity index (χ2v) is 11.9. The van der Waals surface area contributed by atoms with E-state index in [-0.39, 0.29) is 41.7 Å². The van der Waals surface area contributed by atoms with E-state index in [1.165, 1.54) is 19.2 Å². The van der Waals surface area contributed by atoms with Crippen molar-refractivity contribution in [2.75, 3.05) is 38.7 Å². The van der Waals surface area contributed by atoms with Crippen LogP contribution in [0.1, 0.15) is 36.7 Å². The summed E-state index contributed by atoms with van der Waals surface area (Å²) in [7, 11) is 3.06. The molecule has 45 heavy (non-hydrogen) atoms. The summed E-state index contributed by atoms with van der Waals surface area (Å²) in [4.78, 5) is 38.5. The van der Waals surface area contributed by atoms with Crippen LogP contribution in [0.2, 0.25) is 0 Å². The Morgan fingerprint density at radius 1 is 1.16 bits per heavy atom. The lowest BCUT2D eigenvalue weighted by molar-refractivity contribution is -0.128. The summed E-state index contributed by atoms with van der Waals surface area (Å²) >= 11 is 0. The van der Waals surface area contributed by atoms with Gasteiger partial charge in [0.1, 0.15) is 17.5 Å². The standard InChI is InChI=1S/C32H36F2N8O3/c1-19-16-41(18-25(35)31(19)39(2)32(44)45-3)27-8-9-36-14-21(27)13-28-37-15-22-6-7-26(38-42(22)28)30-23(33)11-20(12-24(30)34)17-40-10-4-5-29(40)43/h6-9,11-12,14-15,19,25,31H,4-5,10,13,16-18,35H2,1-3H3/t19-,25+,31-/m0/s1. The molecule has 3 atom stereocenters. The minimum atomic E-state index is -0.744. The molecule has 2 N–H and O–H groups in total. The van der Waals surface area contributed by atoms with Gasteiger partial charge in [0.15, 0.2) is 0 Å². The SMILES string of the molecule is COC(=O)N(C)[C@@H]1[C@H](N)CN(c2ccncc2Cc2ncc3ccc(-c4c(F)cc(CN5CCCC5=O)cc4F)nn23)C[C@@H]1C. The van der Waals surface area contributed by atoms with Gasteiger partial charge in [-0.1, -0.05) is 6.92 Å². The molecule has 0 unspecified atom stereocenters. The Morgan fingerprint density at radius 2 is 1.93 bits per heavy atom. The molecule has 1 aromatic carbocycles. The molecule has 0 bridgehead atoms. The van der Waals surface area contributed by atoms with Gasteiger partial charge in [0, 0.05) is 75.8 Å². The maximum atomic E-state index is 15.3. The lowest BCUT2D eigenvalue weighted by atomic mass is 9.88. The van der Waals surface area contributed by atoms with E-state index in [1.807, 2.05) is 6.07 Å². The second kappa shape index (κ2) is 12.4. The fourth-order valence-electron chi connectivity index (χ4n) is 6.72. The van der Waals surface area contributed by atoms with Crippen LogP contribution in [0.25, 0.3) is 16.8 Å². The van der Waals surface area contributed by atoms with Gasteiger partial charge in [-0.05, 0) is 48.2 Å². The maximum absolute atomic E-state index is 15.3. The number of hydrogen-bond acceptors (Lipinski definition) is 8. The number of aromatic nitrogens is 4. The van der Waals surface area contributed by atoms with Crippen LogP contribution in [0, 0.1) is 17.6 Å². The monoisotopic (exact) mass is 618 g/mol. The van der Waals surface area contributed by atoms with Crippen LogP contribution in [0.3, 0.4) is 0 Å². The molecule has 5 heterocycles. The van der Waals surface area contributed by atoms with Crippen LogP contribution in [0.5, 0.6) is 0 Å². The van der Waals surface area contributed by atoms with Gasteiger partial charge >= 0.3 is 6.09 Å². The zero-order chi connectivity index (χ0) is 31.8. The highest BCUT2D eigenvalue weighted by Gasteiger charge is 2.38. The number of likely N-dealkylation sites (N-methyl/N-ethyl adjacent to an activating group) is 1. The first-order valence-electron chi connectivity index (χ1n) is 15.0. The van der Waals surface area contributed by atoms with E-state index >= 15 is 8.78 Å². The Kier molecular flexibility index (Phi) is 8.36. The van der Waals surface area contributed by atoms with Crippen LogP contribution < -0.4 is 10.6 Å². The van der Waals surface area contributed by atoms with E-state index < -0.39 is 17.7 Å². The Labute approximate surface area is 259 Å². The number of piperidine rings is 1. The molecule has 13 heteroatoms.